The predicted molar refractivity (Wildman–Crippen MR) is 75.2 cm³/mol. The van der Waals surface area contributed by atoms with Gasteiger partial charge in [0.1, 0.15) is 0 Å². The van der Waals surface area contributed by atoms with Crippen LogP contribution in [0.1, 0.15) is 46.5 Å². The minimum Gasteiger partial charge on any atom is -0.374 e. The molecule has 1 unspecified atom stereocenters. The molecule has 1 atom stereocenters. The number of rotatable bonds is 9. The molecule has 104 valence electrons. The SMILES string of the molecule is CCO[Si](CCC1CC#CCC1)(OCC)OCC. The van der Waals surface area contributed by atoms with Gasteiger partial charge in [0.25, 0.3) is 0 Å². The van der Waals surface area contributed by atoms with Crippen LogP contribution in [0, 0.1) is 17.8 Å². The summed E-state index contributed by atoms with van der Waals surface area (Å²) < 4.78 is 17.6. The van der Waals surface area contributed by atoms with Crippen molar-refractivity contribution in [3.05, 3.63) is 0 Å². The lowest BCUT2D eigenvalue weighted by atomic mass is 9.94. The first-order valence-electron chi connectivity index (χ1n) is 7.14. The van der Waals surface area contributed by atoms with Crippen molar-refractivity contribution in [2.75, 3.05) is 19.8 Å². The highest BCUT2D eigenvalue weighted by atomic mass is 28.4. The molecule has 0 aromatic rings. The summed E-state index contributed by atoms with van der Waals surface area (Å²) in [5.74, 6) is 7.06. The van der Waals surface area contributed by atoms with E-state index in [1.54, 1.807) is 0 Å². The zero-order valence-corrected chi connectivity index (χ0v) is 13.0. The third-order valence-electron chi connectivity index (χ3n) is 3.14. The molecule has 0 bridgehead atoms. The number of hydrogen-bond acceptors (Lipinski definition) is 3. The van der Waals surface area contributed by atoms with Crippen LogP contribution < -0.4 is 0 Å². The molecular formula is C14H26O3Si. The summed E-state index contributed by atoms with van der Waals surface area (Å²) >= 11 is 0. The Hall–Kier alpha value is -0.343. The topological polar surface area (TPSA) is 27.7 Å². The Balaban J connectivity index is 2.50. The van der Waals surface area contributed by atoms with Gasteiger partial charge in [-0.05, 0) is 39.5 Å². The predicted octanol–water partition coefficient (Wildman–Crippen LogP) is 3.23. The van der Waals surface area contributed by atoms with Crippen molar-refractivity contribution in [3.63, 3.8) is 0 Å². The second kappa shape index (κ2) is 8.71. The maximum absolute atomic E-state index is 5.86. The molecule has 0 aliphatic heterocycles. The van der Waals surface area contributed by atoms with Gasteiger partial charge in [0.2, 0.25) is 0 Å². The smallest absolute Gasteiger partial charge is 0.374 e. The van der Waals surface area contributed by atoms with Crippen LogP contribution in [0.25, 0.3) is 0 Å². The summed E-state index contributed by atoms with van der Waals surface area (Å²) in [5.41, 5.74) is 0. The van der Waals surface area contributed by atoms with Crippen molar-refractivity contribution in [1.82, 2.24) is 0 Å². The Morgan fingerprint density at radius 1 is 1.00 bits per heavy atom. The first kappa shape index (κ1) is 15.7. The molecule has 0 aromatic carbocycles. The van der Waals surface area contributed by atoms with Crippen molar-refractivity contribution in [1.29, 1.82) is 0 Å². The molecule has 1 rings (SSSR count). The fraction of sp³-hybridized carbons (Fsp3) is 0.857. The standard InChI is InChI=1S/C14H26O3Si/c1-4-15-18(16-5-2,17-6-3)13-12-14-10-8-7-9-11-14/h14H,4-6,8,10-13H2,1-3H3. The van der Waals surface area contributed by atoms with Crippen LogP contribution >= 0.6 is 0 Å². The van der Waals surface area contributed by atoms with E-state index in [-0.39, 0.29) is 0 Å². The molecule has 1 aliphatic rings. The van der Waals surface area contributed by atoms with E-state index in [1.165, 1.54) is 6.42 Å². The third kappa shape index (κ3) is 5.11. The third-order valence-corrected chi connectivity index (χ3v) is 6.23. The summed E-state index contributed by atoms with van der Waals surface area (Å²) in [5, 5.41) is 0. The van der Waals surface area contributed by atoms with Crippen LogP contribution in [0.4, 0.5) is 0 Å². The average molecular weight is 270 g/mol. The van der Waals surface area contributed by atoms with E-state index < -0.39 is 8.80 Å². The van der Waals surface area contributed by atoms with Crippen LogP contribution in [-0.2, 0) is 13.3 Å². The summed E-state index contributed by atoms with van der Waals surface area (Å²) in [4.78, 5) is 0. The monoisotopic (exact) mass is 270 g/mol. The fourth-order valence-electron chi connectivity index (χ4n) is 2.31. The number of hydrogen-bond donors (Lipinski definition) is 0. The lowest BCUT2D eigenvalue weighted by molar-refractivity contribution is 0.0695. The largest absolute Gasteiger partial charge is 0.500 e. The van der Waals surface area contributed by atoms with E-state index in [0.717, 1.165) is 25.3 Å². The highest BCUT2D eigenvalue weighted by Gasteiger charge is 2.40. The normalized spacial score (nSPS) is 19.4. The maximum Gasteiger partial charge on any atom is 0.500 e. The molecular weight excluding hydrogens is 244 g/mol. The van der Waals surface area contributed by atoms with Crippen LogP contribution in [0.5, 0.6) is 0 Å². The Kier molecular flexibility index (Phi) is 7.60. The van der Waals surface area contributed by atoms with Crippen LogP contribution in [0.2, 0.25) is 6.04 Å². The van der Waals surface area contributed by atoms with Gasteiger partial charge < -0.3 is 13.3 Å². The molecule has 3 nitrogen and oxygen atoms in total. The molecule has 0 spiro atoms. The van der Waals surface area contributed by atoms with Crippen molar-refractivity contribution in [3.8, 4) is 11.8 Å². The van der Waals surface area contributed by atoms with Crippen molar-refractivity contribution < 1.29 is 13.3 Å². The van der Waals surface area contributed by atoms with Gasteiger partial charge in [0, 0.05) is 38.7 Å². The second-order valence-corrected chi connectivity index (χ2v) is 7.22. The Morgan fingerprint density at radius 3 is 2.06 bits per heavy atom. The second-order valence-electron chi connectivity index (χ2n) is 4.48. The lowest BCUT2D eigenvalue weighted by Crippen LogP contribution is -2.46. The minimum atomic E-state index is -2.43. The van der Waals surface area contributed by atoms with Crippen LogP contribution in [0.15, 0.2) is 0 Å². The molecule has 0 fully saturated rings. The molecule has 0 saturated carbocycles. The van der Waals surface area contributed by atoms with Gasteiger partial charge >= 0.3 is 8.80 Å². The van der Waals surface area contributed by atoms with E-state index in [0.29, 0.717) is 25.7 Å². The summed E-state index contributed by atoms with van der Waals surface area (Å²) in [6.07, 6.45) is 4.38. The first-order chi connectivity index (χ1) is 8.76. The van der Waals surface area contributed by atoms with Gasteiger partial charge in [-0.3, -0.25) is 0 Å². The molecule has 0 heterocycles. The van der Waals surface area contributed by atoms with E-state index in [9.17, 15) is 0 Å². The van der Waals surface area contributed by atoms with Gasteiger partial charge in [0.15, 0.2) is 0 Å². The highest BCUT2D eigenvalue weighted by molar-refractivity contribution is 6.60. The Morgan fingerprint density at radius 2 is 1.61 bits per heavy atom. The molecule has 0 amide bonds. The van der Waals surface area contributed by atoms with Gasteiger partial charge in [0.05, 0.1) is 0 Å². The van der Waals surface area contributed by atoms with E-state index in [4.69, 9.17) is 13.3 Å². The molecule has 0 N–H and O–H groups in total. The van der Waals surface area contributed by atoms with Crippen molar-refractivity contribution >= 4 is 8.80 Å². The summed E-state index contributed by atoms with van der Waals surface area (Å²) in [6.45, 7) is 8.01. The van der Waals surface area contributed by atoms with Crippen LogP contribution in [-0.4, -0.2) is 28.6 Å². The zero-order chi connectivity index (χ0) is 13.3. The van der Waals surface area contributed by atoms with E-state index >= 15 is 0 Å². The summed E-state index contributed by atoms with van der Waals surface area (Å²) in [6, 6.07) is 0.925. The average Bonchev–Trinajstić information content (AvgIpc) is 2.39. The van der Waals surface area contributed by atoms with Crippen LogP contribution in [0.3, 0.4) is 0 Å². The van der Waals surface area contributed by atoms with E-state index in [2.05, 4.69) is 11.8 Å². The molecule has 18 heavy (non-hydrogen) atoms. The zero-order valence-electron chi connectivity index (χ0n) is 12.0. The quantitative estimate of drug-likeness (QED) is 0.475. The molecule has 0 radical (unpaired) electrons. The molecule has 0 saturated heterocycles. The van der Waals surface area contributed by atoms with Gasteiger partial charge in [-0.15, -0.1) is 11.8 Å². The van der Waals surface area contributed by atoms with Gasteiger partial charge in [-0.2, -0.15) is 0 Å². The minimum absolute atomic E-state index is 0.663. The molecule has 4 heteroatoms. The molecule has 1 aliphatic carbocycles. The van der Waals surface area contributed by atoms with Gasteiger partial charge in [-0.1, -0.05) is 0 Å². The van der Waals surface area contributed by atoms with Crippen molar-refractivity contribution in [2.45, 2.75) is 52.5 Å². The Bertz CT molecular complexity index is 265. The summed E-state index contributed by atoms with van der Waals surface area (Å²) in [7, 11) is -2.43. The fourth-order valence-corrected chi connectivity index (χ4v) is 5.08. The van der Waals surface area contributed by atoms with Crippen molar-refractivity contribution in [2.24, 2.45) is 5.92 Å². The van der Waals surface area contributed by atoms with Gasteiger partial charge in [-0.25, -0.2) is 0 Å². The molecule has 0 aromatic heterocycles. The maximum atomic E-state index is 5.86. The lowest BCUT2D eigenvalue weighted by Gasteiger charge is -2.29. The Labute approximate surface area is 113 Å². The first-order valence-corrected chi connectivity index (χ1v) is 9.07. The highest BCUT2D eigenvalue weighted by Crippen LogP contribution is 2.26. The van der Waals surface area contributed by atoms with E-state index in [1.807, 2.05) is 20.8 Å².